The monoisotopic (exact) mass is 570 g/mol. The first-order chi connectivity index (χ1) is 19.4. The normalized spacial score (nSPS) is 20.6. The van der Waals surface area contributed by atoms with Gasteiger partial charge in [-0.25, -0.2) is 4.79 Å². The van der Waals surface area contributed by atoms with Gasteiger partial charge in [-0.1, -0.05) is 0 Å². The van der Waals surface area contributed by atoms with Crippen molar-refractivity contribution in [2.75, 3.05) is 6.61 Å². The standard InChI is InChI=1S/C27H22O14/c28-11-6-14(31)19-18(7-11)40-24(9-1-2-12(29)13(30)3-9)20(22(19)36)26-23(37)25(17(34)8-39-26)41-27(38)10-4-15(32)21(35)16(33)5-10/h1-7,17,23,25-26,28-35,37H,8H2/t17-,23-,25+,26+/m1/s1. The molecule has 5 rings (SSSR count). The lowest BCUT2D eigenvalue weighted by atomic mass is 9.91. The fraction of sp³-hybridized carbons (Fsp3) is 0.185. The fourth-order valence-corrected chi connectivity index (χ4v) is 4.55. The lowest BCUT2D eigenvalue weighted by Crippen LogP contribution is -2.52. The molecule has 1 aliphatic rings. The van der Waals surface area contributed by atoms with Gasteiger partial charge in [-0.2, -0.15) is 0 Å². The molecule has 0 spiro atoms. The smallest absolute Gasteiger partial charge is 0.338 e. The molecule has 0 bridgehead atoms. The minimum Gasteiger partial charge on any atom is -0.508 e. The van der Waals surface area contributed by atoms with Crippen LogP contribution in [-0.4, -0.2) is 76.8 Å². The zero-order chi connectivity index (χ0) is 29.7. The van der Waals surface area contributed by atoms with E-state index in [1.807, 2.05) is 0 Å². The van der Waals surface area contributed by atoms with Crippen molar-refractivity contribution in [3.05, 3.63) is 63.8 Å². The zero-order valence-electron chi connectivity index (χ0n) is 20.6. The summed E-state index contributed by atoms with van der Waals surface area (Å²) >= 11 is 0. The van der Waals surface area contributed by atoms with Crippen LogP contribution in [0.4, 0.5) is 0 Å². The highest BCUT2D eigenvalue weighted by Crippen LogP contribution is 2.41. The molecule has 9 N–H and O–H groups in total. The highest BCUT2D eigenvalue weighted by molar-refractivity contribution is 5.91. The highest BCUT2D eigenvalue weighted by Gasteiger charge is 2.45. The number of fused-ring (bicyclic) bond motifs is 1. The number of aliphatic hydroxyl groups excluding tert-OH is 2. The third-order valence-corrected chi connectivity index (χ3v) is 6.54. The van der Waals surface area contributed by atoms with Crippen molar-refractivity contribution in [3.63, 3.8) is 0 Å². The van der Waals surface area contributed by atoms with E-state index >= 15 is 0 Å². The van der Waals surface area contributed by atoms with Gasteiger partial charge in [0.05, 0.1) is 17.7 Å². The summed E-state index contributed by atoms with van der Waals surface area (Å²) in [5.41, 5.74) is -2.09. The Morgan fingerprint density at radius 1 is 0.829 bits per heavy atom. The number of hydrogen-bond acceptors (Lipinski definition) is 14. The number of aromatic hydroxyl groups is 7. The number of carbonyl (C=O) groups excluding carboxylic acids is 1. The Labute approximate surface area is 228 Å². The molecule has 0 saturated carbocycles. The second-order valence-electron chi connectivity index (χ2n) is 9.26. The Balaban J connectivity index is 1.62. The molecule has 14 heteroatoms. The van der Waals surface area contributed by atoms with E-state index in [2.05, 4.69) is 0 Å². The van der Waals surface area contributed by atoms with E-state index in [1.165, 1.54) is 6.07 Å². The van der Waals surface area contributed by atoms with Crippen molar-refractivity contribution in [3.8, 4) is 51.6 Å². The summed E-state index contributed by atoms with van der Waals surface area (Å²) in [5, 5.41) is 90.3. The molecule has 1 saturated heterocycles. The molecule has 1 fully saturated rings. The van der Waals surface area contributed by atoms with Crippen LogP contribution in [0.15, 0.2) is 51.7 Å². The number of ether oxygens (including phenoxy) is 2. The van der Waals surface area contributed by atoms with Gasteiger partial charge in [-0.05, 0) is 30.3 Å². The maximum Gasteiger partial charge on any atom is 0.338 e. The number of phenolic OH excluding ortho intramolecular Hbond substituents is 7. The minimum atomic E-state index is -1.95. The molecular formula is C27H22O14. The molecule has 4 atom stereocenters. The van der Waals surface area contributed by atoms with E-state index in [9.17, 15) is 55.5 Å². The summed E-state index contributed by atoms with van der Waals surface area (Å²) < 4.78 is 16.6. The molecule has 0 unspecified atom stereocenters. The summed E-state index contributed by atoms with van der Waals surface area (Å²) in [6, 6.07) is 6.86. The number of phenols is 7. The van der Waals surface area contributed by atoms with Gasteiger partial charge >= 0.3 is 5.97 Å². The van der Waals surface area contributed by atoms with Crippen molar-refractivity contribution in [2.45, 2.75) is 24.4 Å². The maximum absolute atomic E-state index is 13.7. The second kappa shape index (κ2) is 10.1. The quantitative estimate of drug-likeness (QED) is 0.124. The average Bonchev–Trinajstić information content (AvgIpc) is 2.90. The van der Waals surface area contributed by atoms with E-state index in [1.54, 1.807) is 0 Å². The van der Waals surface area contributed by atoms with Crippen molar-refractivity contribution in [1.29, 1.82) is 0 Å². The highest BCUT2D eigenvalue weighted by atomic mass is 16.6. The third-order valence-electron chi connectivity index (χ3n) is 6.54. The first-order valence-electron chi connectivity index (χ1n) is 11.9. The Morgan fingerprint density at radius 2 is 1.51 bits per heavy atom. The molecule has 0 aliphatic carbocycles. The van der Waals surface area contributed by atoms with Crippen LogP contribution in [0.3, 0.4) is 0 Å². The van der Waals surface area contributed by atoms with Gasteiger partial charge in [0, 0.05) is 17.7 Å². The number of esters is 1. The molecular weight excluding hydrogens is 548 g/mol. The lowest BCUT2D eigenvalue weighted by Gasteiger charge is -2.37. The van der Waals surface area contributed by atoms with E-state index in [0.717, 1.165) is 36.4 Å². The summed E-state index contributed by atoms with van der Waals surface area (Å²) in [6.45, 7) is -0.578. The Bertz CT molecular complexity index is 1720. The van der Waals surface area contributed by atoms with Crippen LogP contribution < -0.4 is 5.43 Å². The van der Waals surface area contributed by atoms with Crippen molar-refractivity contribution in [1.82, 2.24) is 0 Å². The van der Waals surface area contributed by atoms with E-state index in [4.69, 9.17) is 13.9 Å². The van der Waals surface area contributed by atoms with Gasteiger partial charge in [-0.3, -0.25) is 4.79 Å². The molecule has 1 aliphatic heterocycles. The van der Waals surface area contributed by atoms with Gasteiger partial charge in [0.1, 0.15) is 46.5 Å². The predicted molar refractivity (Wildman–Crippen MR) is 136 cm³/mol. The van der Waals surface area contributed by atoms with Crippen LogP contribution in [0.25, 0.3) is 22.3 Å². The number of aliphatic hydroxyl groups is 2. The van der Waals surface area contributed by atoms with Gasteiger partial charge in [-0.15, -0.1) is 0 Å². The van der Waals surface area contributed by atoms with Crippen LogP contribution in [0, 0.1) is 0 Å². The number of benzene rings is 3. The summed E-state index contributed by atoms with van der Waals surface area (Å²) in [4.78, 5) is 26.5. The molecule has 214 valence electrons. The molecule has 1 aromatic heterocycles. The first-order valence-corrected chi connectivity index (χ1v) is 11.9. The number of hydrogen-bond donors (Lipinski definition) is 9. The van der Waals surface area contributed by atoms with Gasteiger partial charge in [0.25, 0.3) is 0 Å². The molecule has 0 amide bonds. The molecule has 14 nitrogen and oxygen atoms in total. The minimum absolute atomic E-state index is 0.00245. The van der Waals surface area contributed by atoms with Gasteiger partial charge in [0.15, 0.2) is 34.9 Å². The summed E-state index contributed by atoms with van der Waals surface area (Å²) in [6.07, 6.45) is -6.99. The van der Waals surface area contributed by atoms with Crippen LogP contribution in [0.5, 0.6) is 40.2 Å². The number of carbonyl (C=O) groups is 1. The van der Waals surface area contributed by atoms with E-state index in [0.29, 0.717) is 0 Å². The van der Waals surface area contributed by atoms with Crippen LogP contribution >= 0.6 is 0 Å². The average molecular weight is 570 g/mol. The maximum atomic E-state index is 13.7. The van der Waals surface area contributed by atoms with Crippen LogP contribution in [0.2, 0.25) is 0 Å². The third kappa shape index (κ3) is 4.75. The van der Waals surface area contributed by atoms with Crippen molar-refractivity contribution < 1.29 is 64.6 Å². The molecule has 41 heavy (non-hydrogen) atoms. The van der Waals surface area contributed by atoms with Gasteiger partial charge < -0.3 is 59.8 Å². The topological polar surface area (TPSA) is 248 Å². The number of rotatable bonds is 4. The second-order valence-corrected chi connectivity index (χ2v) is 9.26. The van der Waals surface area contributed by atoms with Crippen LogP contribution in [-0.2, 0) is 9.47 Å². The molecule has 2 heterocycles. The molecule has 4 aromatic rings. The molecule has 0 radical (unpaired) electrons. The Kier molecular flexibility index (Phi) is 6.74. The SMILES string of the molecule is O=C(O[C@@H]1[C@@H](O)[C@H](c2c(-c3ccc(O)c(O)c3)oc3cc(O)cc(O)c3c2=O)OC[C@H]1O)c1cc(O)c(O)c(O)c1. The van der Waals surface area contributed by atoms with Gasteiger partial charge in [0.2, 0.25) is 5.43 Å². The van der Waals surface area contributed by atoms with E-state index in [-0.39, 0.29) is 16.9 Å². The first kappa shape index (κ1) is 27.4. The zero-order valence-corrected chi connectivity index (χ0v) is 20.6. The Morgan fingerprint density at radius 3 is 2.17 bits per heavy atom. The van der Waals surface area contributed by atoms with Crippen molar-refractivity contribution >= 4 is 16.9 Å². The van der Waals surface area contributed by atoms with Crippen molar-refractivity contribution in [2.24, 2.45) is 0 Å². The predicted octanol–water partition coefficient (Wildman–Crippen LogP) is 1.42. The molecule has 3 aromatic carbocycles. The fourth-order valence-electron chi connectivity index (χ4n) is 4.55. The Hall–Kier alpha value is -5.18. The van der Waals surface area contributed by atoms with E-state index < -0.39 is 99.2 Å². The summed E-state index contributed by atoms with van der Waals surface area (Å²) in [5.74, 6) is -6.33. The largest absolute Gasteiger partial charge is 0.508 e. The van der Waals surface area contributed by atoms with Crippen LogP contribution in [0.1, 0.15) is 22.0 Å². The summed E-state index contributed by atoms with van der Waals surface area (Å²) in [7, 11) is 0. The lowest BCUT2D eigenvalue weighted by molar-refractivity contribution is -0.190.